The summed E-state index contributed by atoms with van der Waals surface area (Å²) < 4.78 is 6.76. The first-order chi connectivity index (χ1) is 11.1. The van der Waals surface area contributed by atoms with Gasteiger partial charge in [-0.05, 0) is 47.9 Å². The highest BCUT2D eigenvalue weighted by Crippen LogP contribution is 2.26. The molecule has 0 aliphatic heterocycles. The van der Waals surface area contributed by atoms with Crippen LogP contribution in [-0.2, 0) is 5.75 Å². The number of hydrogen-bond donors (Lipinski definition) is 0. The minimum atomic E-state index is 0.554. The van der Waals surface area contributed by atoms with Gasteiger partial charge in [-0.1, -0.05) is 41.9 Å². The van der Waals surface area contributed by atoms with E-state index in [-0.39, 0.29) is 0 Å². The van der Waals surface area contributed by atoms with Crippen LogP contribution in [0.2, 0.25) is 0 Å². The lowest BCUT2D eigenvalue weighted by Gasteiger charge is -2.05. The summed E-state index contributed by atoms with van der Waals surface area (Å²) in [5, 5.41) is 8.25. The average Bonchev–Trinajstić information content (AvgIpc) is 3.03. The second-order valence-corrected chi connectivity index (χ2v) is 7.48. The van der Waals surface area contributed by atoms with E-state index in [1.165, 1.54) is 10.5 Å². The number of halogens is 1. The van der Waals surface area contributed by atoms with Crippen LogP contribution < -0.4 is 0 Å². The molecule has 3 rings (SSSR count). The lowest BCUT2D eigenvalue weighted by Crippen LogP contribution is -1.86. The molecule has 0 spiro atoms. The highest BCUT2D eigenvalue weighted by atomic mass is 79.9. The number of thioether (sulfide) groups is 1. The van der Waals surface area contributed by atoms with Crippen LogP contribution in [0, 0.1) is 0 Å². The second-order valence-electron chi connectivity index (χ2n) is 5.52. The third-order valence-corrected chi connectivity index (χ3v) is 4.99. The summed E-state index contributed by atoms with van der Waals surface area (Å²) in [5.41, 5.74) is 2.28. The van der Waals surface area contributed by atoms with Crippen LogP contribution >= 0.6 is 27.7 Å². The zero-order valence-electron chi connectivity index (χ0n) is 13.0. The fourth-order valence-corrected chi connectivity index (χ4v) is 3.11. The SMILES string of the molecule is CC(C)c1ccc(SCc2nnc(-c3ccc(Br)cc3)o2)cc1. The van der Waals surface area contributed by atoms with Crippen LogP contribution in [-0.4, -0.2) is 10.2 Å². The summed E-state index contributed by atoms with van der Waals surface area (Å²) in [7, 11) is 0. The Labute approximate surface area is 148 Å². The first kappa shape index (κ1) is 16.3. The maximum atomic E-state index is 5.73. The molecule has 5 heteroatoms. The van der Waals surface area contributed by atoms with Crippen LogP contribution in [0.4, 0.5) is 0 Å². The molecule has 0 aliphatic carbocycles. The number of nitrogens with zero attached hydrogens (tertiary/aromatic N) is 2. The Morgan fingerprint density at radius 2 is 1.70 bits per heavy atom. The lowest BCUT2D eigenvalue weighted by atomic mass is 10.0. The summed E-state index contributed by atoms with van der Waals surface area (Å²) in [6.45, 7) is 4.40. The van der Waals surface area contributed by atoms with Crippen molar-refractivity contribution in [1.82, 2.24) is 10.2 Å². The van der Waals surface area contributed by atoms with Gasteiger partial charge in [0.2, 0.25) is 11.8 Å². The molecule has 0 amide bonds. The summed E-state index contributed by atoms with van der Waals surface area (Å²) in [4.78, 5) is 1.21. The first-order valence-electron chi connectivity index (χ1n) is 7.43. The Morgan fingerprint density at radius 3 is 2.35 bits per heavy atom. The highest BCUT2D eigenvalue weighted by Gasteiger charge is 2.09. The third kappa shape index (κ3) is 4.24. The quantitative estimate of drug-likeness (QED) is 0.508. The molecule has 1 heterocycles. The third-order valence-electron chi connectivity index (χ3n) is 3.47. The van der Waals surface area contributed by atoms with Crippen molar-refractivity contribution in [3.05, 3.63) is 64.5 Å². The van der Waals surface area contributed by atoms with Crippen molar-refractivity contribution < 1.29 is 4.42 Å². The van der Waals surface area contributed by atoms with Crippen molar-refractivity contribution in [2.75, 3.05) is 0 Å². The Morgan fingerprint density at radius 1 is 1.00 bits per heavy atom. The summed E-state index contributed by atoms with van der Waals surface area (Å²) in [6.07, 6.45) is 0. The van der Waals surface area contributed by atoms with E-state index in [4.69, 9.17) is 4.42 Å². The van der Waals surface area contributed by atoms with Crippen LogP contribution in [0.3, 0.4) is 0 Å². The molecule has 0 saturated carbocycles. The molecule has 23 heavy (non-hydrogen) atoms. The maximum absolute atomic E-state index is 5.73. The molecule has 2 aromatic carbocycles. The molecule has 3 nitrogen and oxygen atoms in total. The zero-order chi connectivity index (χ0) is 16.2. The molecular formula is C18H17BrN2OS. The number of benzene rings is 2. The Bertz CT molecular complexity index is 766. The molecule has 0 radical (unpaired) electrons. The molecule has 0 N–H and O–H groups in total. The minimum Gasteiger partial charge on any atom is -0.420 e. The predicted molar refractivity (Wildman–Crippen MR) is 97.5 cm³/mol. The maximum Gasteiger partial charge on any atom is 0.247 e. The van der Waals surface area contributed by atoms with E-state index in [0.29, 0.717) is 23.5 Å². The topological polar surface area (TPSA) is 38.9 Å². The molecule has 1 aromatic heterocycles. The average molecular weight is 389 g/mol. The van der Waals surface area contributed by atoms with E-state index in [9.17, 15) is 0 Å². The van der Waals surface area contributed by atoms with E-state index in [0.717, 1.165) is 10.0 Å². The molecule has 3 aromatic rings. The molecule has 0 unspecified atom stereocenters. The largest absolute Gasteiger partial charge is 0.420 e. The fourth-order valence-electron chi connectivity index (χ4n) is 2.12. The van der Waals surface area contributed by atoms with Gasteiger partial charge in [-0.3, -0.25) is 0 Å². The number of hydrogen-bond acceptors (Lipinski definition) is 4. The Balaban J connectivity index is 1.64. The van der Waals surface area contributed by atoms with Crippen molar-refractivity contribution in [2.24, 2.45) is 0 Å². The van der Waals surface area contributed by atoms with E-state index >= 15 is 0 Å². The molecule has 0 aliphatic rings. The summed E-state index contributed by atoms with van der Waals surface area (Å²) in [6, 6.07) is 16.5. The highest BCUT2D eigenvalue weighted by molar-refractivity contribution is 9.10. The number of aromatic nitrogens is 2. The van der Waals surface area contributed by atoms with Gasteiger partial charge in [-0.2, -0.15) is 0 Å². The predicted octanol–water partition coefficient (Wildman–Crippen LogP) is 5.91. The Kier molecular flexibility index (Phi) is 5.18. The van der Waals surface area contributed by atoms with Gasteiger partial charge >= 0.3 is 0 Å². The monoisotopic (exact) mass is 388 g/mol. The van der Waals surface area contributed by atoms with Crippen molar-refractivity contribution in [2.45, 2.75) is 30.4 Å². The zero-order valence-corrected chi connectivity index (χ0v) is 15.4. The van der Waals surface area contributed by atoms with Crippen LogP contribution in [0.15, 0.2) is 62.3 Å². The molecule has 118 valence electrons. The van der Waals surface area contributed by atoms with Crippen LogP contribution in [0.25, 0.3) is 11.5 Å². The van der Waals surface area contributed by atoms with Gasteiger partial charge in [0.25, 0.3) is 0 Å². The van der Waals surface area contributed by atoms with Gasteiger partial charge in [-0.15, -0.1) is 22.0 Å². The smallest absolute Gasteiger partial charge is 0.247 e. The van der Waals surface area contributed by atoms with Gasteiger partial charge in [0, 0.05) is 14.9 Å². The van der Waals surface area contributed by atoms with Gasteiger partial charge in [-0.25, -0.2) is 0 Å². The van der Waals surface area contributed by atoms with Crippen molar-refractivity contribution in [3.63, 3.8) is 0 Å². The molecule has 0 saturated heterocycles. The molecular weight excluding hydrogens is 372 g/mol. The molecule has 0 bridgehead atoms. The van der Waals surface area contributed by atoms with E-state index in [1.807, 2.05) is 24.3 Å². The van der Waals surface area contributed by atoms with E-state index in [1.54, 1.807) is 11.8 Å². The van der Waals surface area contributed by atoms with Crippen LogP contribution in [0.1, 0.15) is 31.2 Å². The Hall–Kier alpha value is -1.59. The van der Waals surface area contributed by atoms with Gasteiger partial charge in [0.15, 0.2) is 0 Å². The normalized spacial score (nSPS) is 11.1. The molecule has 0 fully saturated rings. The van der Waals surface area contributed by atoms with Gasteiger partial charge in [0.1, 0.15) is 0 Å². The van der Waals surface area contributed by atoms with Gasteiger partial charge in [0.05, 0.1) is 5.75 Å². The fraction of sp³-hybridized carbons (Fsp3) is 0.222. The summed E-state index contributed by atoms with van der Waals surface area (Å²) in [5.74, 6) is 2.42. The molecule has 0 atom stereocenters. The van der Waals surface area contributed by atoms with Crippen molar-refractivity contribution in [3.8, 4) is 11.5 Å². The second kappa shape index (κ2) is 7.32. The summed E-state index contributed by atoms with van der Waals surface area (Å²) >= 11 is 5.12. The van der Waals surface area contributed by atoms with E-state index < -0.39 is 0 Å². The minimum absolute atomic E-state index is 0.554. The first-order valence-corrected chi connectivity index (χ1v) is 9.21. The van der Waals surface area contributed by atoms with Crippen molar-refractivity contribution >= 4 is 27.7 Å². The van der Waals surface area contributed by atoms with Gasteiger partial charge < -0.3 is 4.42 Å². The van der Waals surface area contributed by atoms with Crippen LogP contribution in [0.5, 0.6) is 0 Å². The van der Waals surface area contributed by atoms with Crippen molar-refractivity contribution in [1.29, 1.82) is 0 Å². The standard InChI is InChI=1S/C18H17BrN2OS/c1-12(2)13-5-9-16(10-6-13)23-11-17-20-21-18(22-17)14-3-7-15(19)8-4-14/h3-10,12H,11H2,1-2H3. The van der Waals surface area contributed by atoms with E-state index in [2.05, 4.69) is 64.2 Å². The number of rotatable bonds is 5. The lowest BCUT2D eigenvalue weighted by molar-refractivity contribution is 0.528.